The molecule has 126 valence electrons. The van der Waals surface area contributed by atoms with Crippen molar-refractivity contribution >= 4 is 58.0 Å². The highest BCUT2D eigenvalue weighted by Gasteiger charge is 2.18. The number of aromatic nitrogens is 5. The maximum absolute atomic E-state index is 6.12. The first-order valence-electron chi connectivity index (χ1n) is 7.50. The van der Waals surface area contributed by atoms with Gasteiger partial charge in [0.1, 0.15) is 5.15 Å². The Kier molecular flexibility index (Phi) is 5.33. The van der Waals surface area contributed by atoms with Gasteiger partial charge in [0.2, 0.25) is 0 Å². The van der Waals surface area contributed by atoms with Crippen LogP contribution in [-0.2, 0) is 6.54 Å². The second-order valence-corrected chi connectivity index (χ2v) is 8.80. The van der Waals surface area contributed by atoms with E-state index in [4.69, 9.17) is 22.3 Å². The minimum Gasteiger partial charge on any atom is -0.382 e. The van der Waals surface area contributed by atoms with Crippen LogP contribution in [0.25, 0.3) is 11.2 Å². The molecular formula is C15H17BrClN6P. The van der Waals surface area contributed by atoms with Gasteiger partial charge in [-0.05, 0) is 48.3 Å². The highest BCUT2D eigenvalue weighted by molar-refractivity contribution is 9.10. The van der Waals surface area contributed by atoms with E-state index in [0.29, 0.717) is 27.8 Å². The van der Waals surface area contributed by atoms with Gasteiger partial charge in [-0.15, -0.1) is 0 Å². The molecule has 24 heavy (non-hydrogen) atoms. The average molecular weight is 428 g/mol. The summed E-state index contributed by atoms with van der Waals surface area (Å²) in [6.07, 6.45) is 3.93. The predicted molar refractivity (Wildman–Crippen MR) is 103 cm³/mol. The standard InChI is InChI=1S/C15H17BrClN6P/c1-3-6-24(2)15-21-12(18)11-13(22-15)23(14(16)20-11)8-9-4-5-10(17)19-7-9/h4-5,7H,3,6,8H2,1-2H3,(H2,18,21,22)/t24-/m1/s1. The Morgan fingerprint density at radius 1 is 1.29 bits per heavy atom. The molecule has 0 unspecified atom stereocenters. The molecule has 2 N–H and O–H groups in total. The van der Waals surface area contributed by atoms with Crippen LogP contribution in [0.15, 0.2) is 23.1 Å². The Morgan fingerprint density at radius 2 is 2.08 bits per heavy atom. The van der Waals surface area contributed by atoms with E-state index in [1.54, 1.807) is 12.3 Å². The Balaban J connectivity index is 2.06. The van der Waals surface area contributed by atoms with Gasteiger partial charge in [-0.3, -0.25) is 4.57 Å². The number of rotatable bonds is 5. The second-order valence-electron chi connectivity index (χ2n) is 5.46. The topological polar surface area (TPSA) is 82.5 Å². The molecule has 0 aliphatic heterocycles. The molecule has 0 amide bonds. The molecular weight excluding hydrogens is 411 g/mol. The Bertz CT molecular complexity index is 867. The van der Waals surface area contributed by atoms with Gasteiger partial charge < -0.3 is 5.73 Å². The van der Waals surface area contributed by atoms with Crippen LogP contribution in [0.5, 0.6) is 0 Å². The minimum absolute atomic E-state index is 0.420. The lowest BCUT2D eigenvalue weighted by atomic mass is 10.3. The molecule has 0 aliphatic carbocycles. The first kappa shape index (κ1) is 17.5. The molecule has 0 spiro atoms. The minimum atomic E-state index is -0.420. The molecule has 3 aromatic heterocycles. The lowest BCUT2D eigenvalue weighted by Crippen LogP contribution is -2.16. The van der Waals surface area contributed by atoms with Crippen molar-refractivity contribution in [2.24, 2.45) is 0 Å². The van der Waals surface area contributed by atoms with Crippen molar-refractivity contribution in [3.8, 4) is 0 Å². The number of halogens is 2. The maximum Gasteiger partial charge on any atom is 0.179 e. The molecule has 0 saturated carbocycles. The lowest BCUT2D eigenvalue weighted by Gasteiger charge is -2.11. The van der Waals surface area contributed by atoms with Gasteiger partial charge in [0, 0.05) is 6.20 Å². The number of hydrogen-bond acceptors (Lipinski definition) is 5. The quantitative estimate of drug-likeness (QED) is 0.383. The van der Waals surface area contributed by atoms with Crippen molar-refractivity contribution in [1.29, 1.82) is 0 Å². The Labute approximate surface area is 154 Å². The summed E-state index contributed by atoms with van der Waals surface area (Å²) in [4.78, 5) is 17.8. The maximum atomic E-state index is 6.12. The number of nitrogen functional groups attached to an aromatic ring is 1. The van der Waals surface area contributed by atoms with Crippen LogP contribution in [-0.4, -0.2) is 37.3 Å². The van der Waals surface area contributed by atoms with Crippen LogP contribution >= 0.6 is 35.5 Å². The highest BCUT2D eigenvalue weighted by Crippen LogP contribution is 2.31. The average Bonchev–Trinajstić information content (AvgIpc) is 2.87. The zero-order chi connectivity index (χ0) is 17.3. The molecule has 0 radical (unpaired) electrons. The van der Waals surface area contributed by atoms with Gasteiger partial charge in [0.15, 0.2) is 27.3 Å². The van der Waals surface area contributed by atoms with Gasteiger partial charge in [-0.2, -0.15) is 0 Å². The SMILES string of the molecule is CCC[P@@](C)c1nc(N)c2nc(Br)n(Cc3ccc(Cl)nc3)c2n1. The van der Waals surface area contributed by atoms with E-state index in [-0.39, 0.29) is 0 Å². The molecule has 0 aromatic carbocycles. The van der Waals surface area contributed by atoms with Crippen molar-refractivity contribution in [2.75, 3.05) is 18.6 Å². The highest BCUT2D eigenvalue weighted by atomic mass is 79.9. The van der Waals surface area contributed by atoms with Crippen molar-refractivity contribution in [1.82, 2.24) is 24.5 Å². The molecule has 0 saturated heterocycles. The molecule has 0 fully saturated rings. The smallest absolute Gasteiger partial charge is 0.179 e. The normalized spacial score (nSPS) is 12.7. The van der Waals surface area contributed by atoms with Crippen LogP contribution in [0.2, 0.25) is 5.15 Å². The van der Waals surface area contributed by atoms with Gasteiger partial charge in [-0.1, -0.05) is 31.0 Å². The van der Waals surface area contributed by atoms with Gasteiger partial charge >= 0.3 is 0 Å². The number of anilines is 1. The van der Waals surface area contributed by atoms with E-state index in [1.165, 1.54) is 0 Å². The summed E-state index contributed by atoms with van der Waals surface area (Å²) in [6, 6.07) is 3.70. The first-order valence-corrected chi connectivity index (χ1v) is 10.6. The summed E-state index contributed by atoms with van der Waals surface area (Å²) >= 11 is 9.35. The monoisotopic (exact) mass is 426 g/mol. The van der Waals surface area contributed by atoms with Crippen LogP contribution in [0, 0.1) is 0 Å². The van der Waals surface area contributed by atoms with Crippen LogP contribution < -0.4 is 11.3 Å². The third-order valence-electron chi connectivity index (χ3n) is 3.59. The molecule has 0 aliphatic rings. The second kappa shape index (κ2) is 7.30. The largest absolute Gasteiger partial charge is 0.382 e. The summed E-state index contributed by atoms with van der Waals surface area (Å²) in [5, 5.41) is 0.471. The molecule has 3 rings (SSSR count). The van der Waals surface area contributed by atoms with Crippen LogP contribution in [0.1, 0.15) is 18.9 Å². The summed E-state index contributed by atoms with van der Waals surface area (Å²) in [6.45, 7) is 4.92. The van der Waals surface area contributed by atoms with E-state index < -0.39 is 7.92 Å². The molecule has 3 heterocycles. The Morgan fingerprint density at radius 3 is 2.75 bits per heavy atom. The number of fused-ring (bicyclic) bond motifs is 1. The Hall–Kier alpha value is -1.30. The van der Waals surface area contributed by atoms with Crippen molar-refractivity contribution < 1.29 is 0 Å². The van der Waals surface area contributed by atoms with Crippen LogP contribution in [0.4, 0.5) is 5.82 Å². The van der Waals surface area contributed by atoms with Crippen molar-refractivity contribution in [3.05, 3.63) is 33.8 Å². The number of imidazole rings is 1. The summed E-state index contributed by atoms with van der Waals surface area (Å²) < 4.78 is 2.64. The third kappa shape index (κ3) is 3.53. The van der Waals surface area contributed by atoms with E-state index in [2.05, 4.69) is 44.5 Å². The molecule has 0 bridgehead atoms. The number of nitrogens with two attached hydrogens (primary N) is 1. The summed E-state index contributed by atoms with van der Waals surface area (Å²) in [5.74, 6) is 0.425. The first-order chi connectivity index (χ1) is 11.5. The van der Waals surface area contributed by atoms with E-state index >= 15 is 0 Å². The van der Waals surface area contributed by atoms with Crippen molar-refractivity contribution in [2.45, 2.75) is 19.9 Å². The summed E-state index contributed by atoms with van der Waals surface area (Å²) in [5.41, 5.74) is 9.30. The molecule has 1 atom stereocenters. The van der Waals surface area contributed by atoms with Crippen LogP contribution in [0.3, 0.4) is 0 Å². The lowest BCUT2D eigenvalue weighted by molar-refractivity contribution is 0.788. The number of hydrogen-bond donors (Lipinski definition) is 1. The summed E-state index contributed by atoms with van der Waals surface area (Å²) in [7, 11) is -0.420. The fraction of sp³-hybridized carbons (Fsp3) is 0.333. The van der Waals surface area contributed by atoms with E-state index in [1.807, 2.05) is 10.6 Å². The van der Waals surface area contributed by atoms with Gasteiger partial charge in [0.05, 0.1) is 6.54 Å². The number of pyridine rings is 1. The fourth-order valence-corrected chi connectivity index (χ4v) is 4.41. The number of nitrogens with zero attached hydrogens (tertiary/aromatic N) is 5. The predicted octanol–water partition coefficient (Wildman–Crippen LogP) is 3.41. The van der Waals surface area contributed by atoms with E-state index in [0.717, 1.165) is 29.4 Å². The van der Waals surface area contributed by atoms with Gasteiger partial charge in [0.25, 0.3) is 0 Å². The van der Waals surface area contributed by atoms with Gasteiger partial charge in [-0.25, -0.2) is 19.9 Å². The molecule has 6 nitrogen and oxygen atoms in total. The molecule has 3 aromatic rings. The van der Waals surface area contributed by atoms with E-state index in [9.17, 15) is 0 Å². The molecule has 9 heteroatoms. The fourth-order valence-electron chi connectivity index (χ4n) is 2.41. The third-order valence-corrected chi connectivity index (χ3v) is 6.42. The zero-order valence-electron chi connectivity index (χ0n) is 13.4. The zero-order valence-corrected chi connectivity index (χ0v) is 16.6. The van der Waals surface area contributed by atoms with Crippen molar-refractivity contribution in [3.63, 3.8) is 0 Å².